The number of hydrogen-bond donors (Lipinski definition) is 3. The zero-order chi connectivity index (χ0) is 21.3. The van der Waals surface area contributed by atoms with E-state index in [1.165, 1.54) is 6.20 Å². The molecule has 4 rings (SSSR count). The molecule has 1 aliphatic rings. The number of aromatic nitrogens is 3. The Bertz CT molecular complexity index is 1100. The van der Waals surface area contributed by atoms with E-state index in [4.69, 9.17) is 0 Å². The van der Waals surface area contributed by atoms with Crippen LogP contribution in [-0.4, -0.2) is 59.6 Å². The standard InChI is InChI=1S/C20H22F3N7/c1-24-19(25-2)11-4-6-30-16(10-27-17(30)7-11)18-13(22)8-14(23)20(29-18)28-15-9-26-5-3-12(15)21/h4,6-8,10,12,15,26H,3,5,9H2,1-2H3,(H,24,25)(H,28,29)/t12-,15-/m1/s1. The summed E-state index contributed by atoms with van der Waals surface area (Å²) < 4.78 is 44.7. The molecule has 30 heavy (non-hydrogen) atoms. The van der Waals surface area contributed by atoms with Gasteiger partial charge in [0, 0.05) is 38.5 Å². The highest BCUT2D eigenvalue weighted by Crippen LogP contribution is 2.27. The zero-order valence-corrected chi connectivity index (χ0v) is 16.6. The number of nitrogens with zero attached hydrogens (tertiary/aromatic N) is 4. The lowest BCUT2D eigenvalue weighted by atomic mass is 10.1. The fourth-order valence-corrected chi connectivity index (χ4v) is 3.58. The van der Waals surface area contributed by atoms with Crippen LogP contribution in [0.5, 0.6) is 0 Å². The molecule has 1 saturated heterocycles. The summed E-state index contributed by atoms with van der Waals surface area (Å²) in [5, 5.41) is 8.81. The fraction of sp³-hybridized carbons (Fsp3) is 0.350. The number of alkyl halides is 1. The Balaban J connectivity index is 1.72. The smallest absolute Gasteiger partial charge is 0.168 e. The number of pyridine rings is 2. The summed E-state index contributed by atoms with van der Waals surface area (Å²) in [5.74, 6) is -1.21. The molecule has 3 N–H and O–H groups in total. The molecule has 0 saturated carbocycles. The highest BCUT2D eigenvalue weighted by Gasteiger charge is 2.26. The van der Waals surface area contributed by atoms with E-state index in [-0.39, 0.29) is 11.5 Å². The van der Waals surface area contributed by atoms with E-state index in [1.54, 1.807) is 36.8 Å². The molecule has 1 aliphatic heterocycles. The predicted molar refractivity (Wildman–Crippen MR) is 110 cm³/mol. The van der Waals surface area contributed by atoms with Crippen molar-refractivity contribution in [3.8, 4) is 11.4 Å². The van der Waals surface area contributed by atoms with Crippen LogP contribution >= 0.6 is 0 Å². The van der Waals surface area contributed by atoms with Crippen LogP contribution in [0.25, 0.3) is 17.0 Å². The van der Waals surface area contributed by atoms with Crippen LogP contribution in [0.15, 0.2) is 35.6 Å². The van der Waals surface area contributed by atoms with Crippen molar-refractivity contribution in [2.45, 2.75) is 18.6 Å². The third kappa shape index (κ3) is 3.70. The first kappa shape index (κ1) is 20.1. The summed E-state index contributed by atoms with van der Waals surface area (Å²) in [6.45, 7) is 0.895. The lowest BCUT2D eigenvalue weighted by Crippen LogP contribution is -2.46. The van der Waals surface area contributed by atoms with E-state index in [0.29, 0.717) is 36.7 Å². The van der Waals surface area contributed by atoms with E-state index >= 15 is 0 Å². The van der Waals surface area contributed by atoms with Crippen LogP contribution < -0.4 is 16.0 Å². The minimum atomic E-state index is -1.14. The number of aliphatic imine (C=N–C) groups is 1. The molecule has 158 valence electrons. The van der Waals surface area contributed by atoms with Gasteiger partial charge >= 0.3 is 0 Å². The highest BCUT2D eigenvalue weighted by molar-refractivity contribution is 5.99. The summed E-state index contributed by atoms with van der Waals surface area (Å²) >= 11 is 0. The maximum atomic E-state index is 14.6. The first-order valence-electron chi connectivity index (χ1n) is 9.61. The highest BCUT2D eigenvalue weighted by atomic mass is 19.1. The Kier molecular flexibility index (Phi) is 5.58. The Morgan fingerprint density at radius 2 is 2.13 bits per heavy atom. The molecular formula is C20H22F3N7. The lowest BCUT2D eigenvalue weighted by molar-refractivity contribution is 0.240. The van der Waals surface area contributed by atoms with Gasteiger partial charge in [-0.1, -0.05) is 0 Å². The van der Waals surface area contributed by atoms with Crippen LogP contribution in [-0.2, 0) is 0 Å². The van der Waals surface area contributed by atoms with Crippen LogP contribution in [0.3, 0.4) is 0 Å². The molecule has 7 nitrogen and oxygen atoms in total. The van der Waals surface area contributed by atoms with E-state index < -0.39 is 23.8 Å². The van der Waals surface area contributed by atoms with Gasteiger partial charge in [0.05, 0.1) is 17.9 Å². The van der Waals surface area contributed by atoms with Gasteiger partial charge in [0.15, 0.2) is 17.5 Å². The minimum Gasteiger partial charge on any atom is -0.373 e. The van der Waals surface area contributed by atoms with Gasteiger partial charge in [0.1, 0.15) is 23.3 Å². The molecule has 0 unspecified atom stereocenters. The molecule has 2 atom stereocenters. The van der Waals surface area contributed by atoms with Crippen molar-refractivity contribution < 1.29 is 13.2 Å². The van der Waals surface area contributed by atoms with E-state index in [2.05, 4.69) is 30.9 Å². The molecular weight excluding hydrogens is 395 g/mol. The van der Waals surface area contributed by atoms with Gasteiger partial charge in [-0.2, -0.15) is 0 Å². The summed E-state index contributed by atoms with van der Waals surface area (Å²) in [6.07, 6.45) is 2.36. The number of anilines is 1. The van der Waals surface area contributed by atoms with Crippen LogP contribution in [0, 0.1) is 11.6 Å². The molecule has 0 bridgehead atoms. The summed E-state index contributed by atoms with van der Waals surface area (Å²) in [7, 11) is 3.43. The largest absolute Gasteiger partial charge is 0.373 e. The molecule has 0 radical (unpaired) electrons. The SMILES string of the molecule is CN=C(NC)c1ccn2c(-c3nc(N[C@@H]4CNCC[C@H]4F)c(F)cc3F)cnc2c1. The fourth-order valence-electron chi connectivity index (χ4n) is 3.58. The Morgan fingerprint density at radius 1 is 1.30 bits per heavy atom. The third-order valence-electron chi connectivity index (χ3n) is 5.14. The number of amidine groups is 1. The number of halogens is 3. The molecule has 10 heteroatoms. The van der Waals surface area contributed by atoms with Crippen LogP contribution in [0.4, 0.5) is 19.0 Å². The van der Waals surface area contributed by atoms with E-state index in [0.717, 1.165) is 11.6 Å². The number of imidazole rings is 1. The summed E-state index contributed by atoms with van der Waals surface area (Å²) in [6, 6.07) is 3.71. The lowest BCUT2D eigenvalue weighted by Gasteiger charge is -2.28. The van der Waals surface area contributed by atoms with Crippen molar-refractivity contribution in [1.82, 2.24) is 25.0 Å². The second kappa shape index (κ2) is 8.31. The molecule has 4 heterocycles. The second-order valence-electron chi connectivity index (χ2n) is 7.02. The van der Waals surface area contributed by atoms with Crippen molar-refractivity contribution in [1.29, 1.82) is 0 Å². The van der Waals surface area contributed by atoms with Crippen LogP contribution in [0.2, 0.25) is 0 Å². The molecule has 0 spiro atoms. The first-order chi connectivity index (χ1) is 14.5. The van der Waals surface area contributed by atoms with E-state index in [1.807, 2.05) is 0 Å². The average molecular weight is 417 g/mol. The summed E-state index contributed by atoms with van der Waals surface area (Å²) in [5.41, 5.74) is 1.66. The third-order valence-corrected chi connectivity index (χ3v) is 5.14. The molecule has 3 aromatic heterocycles. The number of rotatable bonds is 4. The van der Waals surface area contributed by atoms with Crippen molar-refractivity contribution in [3.05, 3.63) is 47.8 Å². The maximum absolute atomic E-state index is 14.6. The van der Waals surface area contributed by atoms with Crippen molar-refractivity contribution in [3.63, 3.8) is 0 Å². The Morgan fingerprint density at radius 3 is 2.87 bits per heavy atom. The second-order valence-corrected chi connectivity index (χ2v) is 7.02. The minimum absolute atomic E-state index is 0.0728. The zero-order valence-electron chi connectivity index (χ0n) is 16.6. The molecule has 1 fully saturated rings. The number of piperidine rings is 1. The topological polar surface area (TPSA) is 78.6 Å². The van der Waals surface area contributed by atoms with Crippen molar-refractivity contribution in [2.24, 2.45) is 4.99 Å². The predicted octanol–water partition coefficient (Wildman–Crippen LogP) is 2.38. The number of fused-ring (bicyclic) bond motifs is 1. The van der Waals surface area contributed by atoms with Gasteiger partial charge in [0.25, 0.3) is 0 Å². The normalized spacial score (nSPS) is 19.8. The monoisotopic (exact) mass is 417 g/mol. The maximum Gasteiger partial charge on any atom is 0.168 e. The summed E-state index contributed by atoms with van der Waals surface area (Å²) in [4.78, 5) is 12.6. The number of nitrogens with one attached hydrogen (secondary N) is 3. The van der Waals surface area contributed by atoms with Gasteiger partial charge in [-0.15, -0.1) is 0 Å². The van der Waals surface area contributed by atoms with E-state index in [9.17, 15) is 13.2 Å². The van der Waals surface area contributed by atoms with Gasteiger partial charge in [-0.3, -0.25) is 9.39 Å². The molecule has 0 aliphatic carbocycles. The van der Waals surface area contributed by atoms with Crippen molar-refractivity contribution in [2.75, 3.05) is 32.5 Å². The van der Waals surface area contributed by atoms with Gasteiger partial charge < -0.3 is 16.0 Å². The van der Waals surface area contributed by atoms with Crippen molar-refractivity contribution >= 4 is 17.3 Å². The quantitative estimate of drug-likeness (QED) is 0.449. The molecule has 0 amide bonds. The number of hydrogen-bond acceptors (Lipinski definition) is 5. The van der Waals surface area contributed by atoms with Gasteiger partial charge in [-0.25, -0.2) is 23.1 Å². The molecule has 0 aromatic carbocycles. The van der Waals surface area contributed by atoms with Gasteiger partial charge in [0.2, 0.25) is 0 Å². The average Bonchev–Trinajstić information content (AvgIpc) is 3.15. The van der Waals surface area contributed by atoms with Crippen LogP contribution in [0.1, 0.15) is 12.0 Å². The first-order valence-corrected chi connectivity index (χ1v) is 9.61. The van der Waals surface area contributed by atoms with Gasteiger partial charge in [-0.05, 0) is 25.1 Å². The Labute approximate surface area is 171 Å². The Hall–Kier alpha value is -3.14. The molecule has 3 aromatic rings.